The van der Waals surface area contributed by atoms with Crippen molar-refractivity contribution in [3.8, 4) is 11.5 Å². The van der Waals surface area contributed by atoms with Crippen LogP contribution in [0.4, 0.5) is 4.79 Å². The first kappa shape index (κ1) is 16.1. The highest BCUT2D eigenvalue weighted by atomic mass is 16.5. The third-order valence-electron chi connectivity index (χ3n) is 4.07. The van der Waals surface area contributed by atoms with Gasteiger partial charge in [-0.2, -0.15) is 0 Å². The lowest BCUT2D eigenvalue weighted by Crippen LogP contribution is -2.45. The van der Waals surface area contributed by atoms with Gasteiger partial charge in [0.05, 0.1) is 6.54 Å². The summed E-state index contributed by atoms with van der Waals surface area (Å²) in [6, 6.07) is 15.5. The van der Waals surface area contributed by atoms with Gasteiger partial charge in [0, 0.05) is 16.7 Å². The van der Waals surface area contributed by atoms with E-state index in [0.29, 0.717) is 6.54 Å². The first-order chi connectivity index (χ1) is 11.4. The fraction of sp³-hybridized carbons (Fsp3) is 0.250. The molecule has 4 nitrogen and oxygen atoms in total. The van der Waals surface area contributed by atoms with Crippen molar-refractivity contribution in [3.05, 3.63) is 59.7 Å². The van der Waals surface area contributed by atoms with Crippen molar-refractivity contribution in [3.63, 3.8) is 0 Å². The average Bonchev–Trinajstić information content (AvgIpc) is 2.67. The number of amides is 1. The Hall–Kier alpha value is -2.75. The topological polar surface area (TPSA) is 49.8 Å². The molecule has 0 aromatic heterocycles. The number of benzene rings is 2. The Bertz CT molecular complexity index is 803. The van der Waals surface area contributed by atoms with Gasteiger partial charge in [-0.1, -0.05) is 36.4 Å². The Morgan fingerprint density at radius 2 is 1.67 bits per heavy atom. The van der Waals surface area contributed by atoms with Crippen molar-refractivity contribution in [2.24, 2.45) is 0 Å². The van der Waals surface area contributed by atoms with E-state index >= 15 is 0 Å². The highest BCUT2D eigenvalue weighted by Crippen LogP contribution is 2.38. The molecule has 0 radical (unpaired) electrons. The Morgan fingerprint density at radius 3 is 2.33 bits per heavy atom. The van der Waals surface area contributed by atoms with E-state index in [9.17, 15) is 9.90 Å². The fourth-order valence-corrected chi connectivity index (χ4v) is 2.79. The van der Waals surface area contributed by atoms with Gasteiger partial charge in [-0.3, -0.25) is 4.90 Å². The number of hydrogen-bond acceptors (Lipinski definition) is 2. The van der Waals surface area contributed by atoms with Crippen LogP contribution in [0.2, 0.25) is 0 Å². The number of carboxylic acid groups (broad SMARTS) is 1. The minimum absolute atomic E-state index is 0.299. The molecule has 0 unspecified atom stereocenters. The van der Waals surface area contributed by atoms with E-state index < -0.39 is 11.6 Å². The van der Waals surface area contributed by atoms with Gasteiger partial charge in [0.1, 0.15) is 11.5 Å². The molecular weight excluding hydrogens is 302 g/mol. The molecule has 124 valence electrons. The van der Waals surface area contributed by atoms with Crippen molar-refractivity contribution in [2.45, 2.75) is 26.3 Å². The van der Waals surface area contributed by atoms with Crippen molar-refractivity contribution >= 4 is 17.7 Å². The zero-order chi connectivity index (χ0) is 17.3. The maximum Gasteiger partial charge on any atom is 0.408 e. The largest absolute Gasteiger partial charge is 0.465 e. The van der Waals surface area contributed by atoms with E-state index in [2.05, 4.69) is 0 Å². The molecule has 0 bridgehead atoms. The molecule has 0 aliphatic carbocycles. The summed E-state index contributed by atoms with van der Waals surface area (Å²) in [5.41, 5.74) is 2.30. The molecular formula is C20H21NO3. The molecule has 1 aliphatic rings. The molecule has 4 heteroatoms. The van der Waals surface area contributed by atoms with Crippen LogP contribution < -0.4 is 4.74 Å². The van der Waals surface area contributed by atoms with Crippen molar-refractivity contribution in [1.29, 1.82) is 0 Å². The molecule has 1 aliphatic heterocycles. The minimum atomic E-state index is -0.931. The van der Waals surface area contributed by atoms with Crippen molar-refractivity contribution < 1.29 is 14.6 Å². The Morgan fingerprint density at radius 1 is 1.04 bits per heavy atom. The SMILES string of the molecule is CC(C)(C)N(CC1=Cc2ccccc2Oc2ccccc21)C(=O)O. The maximum absolute atomic E-state index is 11.7. The van der Waals surface area contributed by atoms with Crippen LogP contribution in [0.15, 0.2) is 48.5 Å². The second kappa shape index (κ2) is 6.04. The maximum atomic E-state index is 11.7. The lowest BCUT2D eigenvalue weighted by atomic mass is 9.99. The van der Waals surface area contributed by atoms with Gasteiger partial charge in [-0.15, -0.1) is 0 Å². The molecule has 0 saturated carbocycles. The summed E-state index contributed by atoms with van der Waals surface area (Å²) in [5.74, 6) is 1.52. The van der Waals surface area contributed by atoms with E-state index in [1.165, 1.54) is 4.90 Å². The molecule has 0 saturated heterocycles. The monoisotopic (exact) mass is 323 g/mol. The van der Waals surface area contributed by atoms with Crippen molar-refractivity contribution in [1.82, 2.24) is 4.90 Å². The van der Waals surface area contributed by atoms with Crippen LogP contribution in [-0.2, 0) is 0 Å². The molecule has 1 N–H and O–H groups in total. The zero-order valence-corrected chi connectivity index (χ0v) is 14.1. The van der Waals surface area contributed by atoms with Gasteiger partial charge >= 0.3 is 6.09 Å². The smallest absolute Gasteiger partial charge is 0.408 e. The first-order valence-corrected chi connectivity index (χ1v) is 7.94. The molecule has 3 rings (SSSR count). The second-order valence-electron chi connectivity index (χ2n) is 6.85. The van der Waals surface area contributed by atoms with E-state index in [-0.39, 0.29) is 0 Å². The van der Waals surface area contributed by atoms with E-state index in [1.807, 2.05) is 75.4 Å². The standard InChI is InChI=1S/C20H21NO3/c1-20(2,3)21(19(22)23)13-15-12-14-8-4-6-10-17(14)24-18-11-7-5-9-16(15)18/h4-12H,13H2,1-3H3,(H,22,23). The van der Waals surface area contributed by atoms with Crippen LogP contribution in [0.5, 0.6) is 11.5 Å². The normalized spacial score (nSPS) is 13.0. The molecule has 0 atom stereocenters. The summed E-state index contributed by atoms with van der Waals surface area (Å²) < 4.78 is 6.04. The third kappa shape index (κ3) is 3.13. The predicted molar refractivity (Wildman–Crippen MR) is 95.3 cm³/mol. The molecule has 1 heterocycles. The number of nitrogens with zero attached hydrogens (tertiary/aromatic N) is 1. The molecule has 2 aromatic carbocycles. The van der Waals surface area contributed by atoms with Crippen LogP contribution in [0.25, 0.3) is 11.6 Å². The van der Waals surface area contributed by atoms with Crippen LogP contribution in [0, 0.1) is 0 Å². The molecule has 24 heavy (non-hydrogen) atoms. The van der Waals surface area contributed by atoms with Crippen LogP contribution in [0.3, 0.4) is 0 Å². The van der Waals surface area contributed by atoms with Gasteiger partial charge in [-0.05, 0) is 44.6 Å². The van der Waals surface area contributed by atoms with E-state index in [0.717, 1.165) is 28.2 Å². The van der Waals surface area contributed by atoms with Gasteiger partial charge in [-0.25, -0.2) is 4.79 Å². The molecule has 0 fully saturated rings. The third-order valence-corrected chi connectivity index (χ3v) is 4.07. The quantitative estimate of drug-likeness (QED) is 0.835. The Labute approximate surface area is 142 Å². The number of ether oxygens (including phenoxy) is 1. The summed E-state index contributed by atoms with van der Waals surface area (Å²) in [7, 11) is 0. The highest BCUT2D eigenvalue weighted by Gasteiger charge is 2.28. The second-order valence-corrected chi connectivity index (χ2v) is 6.85. The highest BCUT2D eigenvalue weighted by molar-refractivity contribution is 5.89. The predicted octanol–water partition coefficient (Wildman–Crippen LogP) is 5.11. The van der Waals surface area contributed by atoms with Gasteiger partial charge < -0.3 is 9.84 Å². The summed E-state index contributed by atoms with van der Waals surface area (Å²) in [5, 5.41) is 9.62. The van der Waals surface area contributed by atoms with Crippen LogP contribution >= 0.6 is 0 Å². The van der Waals surface area contributed by atoms with Gasteiger partial charge in [0.2, 0.25) is 0 Å². The Kier molecular flexibility index (Phi) is 4.06. The Balaban J connectivity index is 2.10. The fourth-order valence-electron chi connectivity index (χ4n) is 2.79. The summed E-state index contributed by atoms with van der Waals surface area (Å²) in [4.78, 5) is 13.2. The van der Waals surface area contributed by atoms with E-state index in [1.54, 1.807) is 0 Å². The first-order valence-electron chi connectivity index (χ1n) is 7.94. The molecule has 2 aromatic rings. The lowest BCUT2D eigenvalue weighted by Gasteiger charge is -2.34. The summed E-state index contributed by atoms with van der Waals surface area (Å²) >= 11 is 0. The molecule has 0 spiro atoms. The average molecular weight is 323 g/mol. The van der Waals surface area contributed by atoms with Gasteiger partial charge in [0.25, 0.3) is 0 Å². The number of fused-ring (bicyclic) bond motifs is 2. The van der Waals surface area contributed by atoms with Crippen LogP contribution in [-0.4, -0.2) is 28.2 Å². The molecule has 1 amide bonds. The summed E-state index contributed by atoms with van der Waals surface area (Å²) in [6.07, 6.45) is 1.09. The lowest BCUT2D eigenvalue weighted by molar-refractivity contribution is 0.110. The van der Waals surface area contributed by atoms with Crippen LogP contribution in [0.1, 0.15) is 31.9 Å². The minimum Gasteiger partial charge on any atom is -0.465 e. The number of hydrogen-bond donors (Lipinski definition) is 1. The van der Waals surface area contributed by atoms with E-state index in [4.69, 9.17) is 4.74 Å². The van der Waals surface area contributed by atoms with Gasteiger partial charge in [0.15, 0.2) is 0 Å². The summed E-state index contributed by atoms with van der Waals surface area (Å²) in [6.45, 7) is 5.99. The number of carbonyl (C=O) groups is 1. The number of para-hydroxylation sites is 2. The van der Waals surface area contributed by atoms with Crippen molar-refractivity contribution in [2.75, 3.05) is 6.54 Å². The number of rotatable bonds is 2. The zero-order valence-electron chi connectivity index (χ0n) is 14.1.